The lowest BCUT2D eigenvalue weighted by molar-refractivity contribution is 0.0470. The van der Waals surface area contributed by atoms with Crippen molar-refractivity contribution in [2.45, 2.75) is 25.7 Å². The Hall–Kier alpha value is -2.20. The molecule has 124 valence electrons. The van der Waals surface area contributed by atoms with Crippen LogP contribution in [0.3, 0.4) is 0 Å². The van der Waals surface area contributed by atoms with Gasteiger partial charge in [0.25, 0.3) is 0 Å². The number of hydrogen-bond donors (Lipinski definition) is 0. The van der Waals surface area contributed by atoms with E-state index in [4.69, 9.17) is 16.3 Å². The summed E-state index contributed by atoms with van der Waals surface area (Å²) in [7, 11) is 0. The van der Waals surface area contributed by atoms with Crippen LogP contribution in [0.25, 0.3) is 0 Å². The minimum atomic E-state index is -0.940. The van der Waals surface area contributed by atoms with Gasteiger partial charge in [0, 0.05) is 5.56 Å². The van der Waals surface area contributed by atoms with Gasteiger partial charge in [-0.25, -0.2) is 9.18 Å². The van der Waals surface area contributed by atoms with Crippen LogP contribution in [-0.2, 0) is 17.6 Å². The van der Waals surface area contributed by atoms with E-state index in [-0.39, 0.29) is 16.4 Å². The van der Waals surface area contributed by atoms with E-state index in [2.05, 4.69) is 0 Å². The Morgan fingerprint density at radius 1 is 1.08 bits per heavy atom. The number of fused-ring (bicyclic) bond motifs is 1. The smallest absolute Gasteiger partial charge is 0.343 e. The van der Waals surface area contributed by atoms with Crippen LogP contribution in [0.15, 0.2) is 36.4 Å². The Morgan fingerprint density at radius 3 is 2.58 bits per heavy atom. The fourth-order valence-electron chi connectivity index (χ4n) is 2.89. The number of ether oxygens (including phenoxy) is 1. The van der Waals surface area contributed by atoms with Crippen molar-refractivity contribution in [3.63, 3.8) is 0 Å². The third-order valence-electron chi connectivity index (χ3n) is 4.17. The summed E-state index contributed by atoms with van der Waals surface area (Å²) in [6, 6.07) is 9.47. The van der Waals surface area contributed by atoms with Crippen LogP contribution < -0.4 is 0 Å². The number of carbonyl (C=O) groups is 2. The number of rotatable bonds is 4. The zero-order valence-electron chi connectivity index (χ0n) is 13.0. The van der Waals surface area contributed by atoms with Crippen LogP contribution in [0.5, 0.6) is 0 Å². The molecule has 5 heteroatoms. The Bertz CT molecular complexity index is 781. The summed E-state index contributed by atoms with van der Waals surface area (Å²) in [5, 5.41) is -0.0405. The summed E-state index contributed by atoms with van der Waals surface area (Å²) in [4.78, 5) is 24.2. The van der Waals surface area contributed by atoms with Crippen LogP contribution in [0, 0.1) is 5.82 Å². The average molecular weight is 347 g/mol. The second-order valence-electron chi connectivity index (χ2n) is 5.79. The summed E-state index contributed by atoms with van der Waals surface area (Å²) in [6.07, 6.45) is 4.28. The molecule has 2 aromatic rings. The molecule has 0 unspecified atom stereocenters. The number of esters is 1. The maximum Gasteiger partial charge on any atom is 0.343 e. The third kappa shape index (κ3) is 3.49. The van der Waals surface area contributed by atoms with Gasteiger partial charge in [0.05, 0.1) is 5.02 Å². The number of ketones is 1. The van der Waals surface area contributed by atoms with Gasteiger partial charge >= 0.3 is 5.97 Å². The topological polar surface area (TPSA) is 43.4 Å². The van der Waals surface area contributed by atoms with Gasteiger partial charge in [0.1, 0.15) is 11.4 Å². The first-order valence-electron chi connectivity index (χ1n) is 7.82. The van der Waals surface area contributed by atoms with Gasteiger partial charge in [-0.3, -0.25) is 4.79 Å². The van der Waals surface area contributed by atoms with Crippen LogP contribution >= 0.6 is 11.6 Å². The van der Waals surface area contributed by atoms with Gasteiger partial charge in [0.2, 0.25) is 0 Å². The molecule has 0 saturated carbocycles. The lowest BCUT2D eigenvalue weighted by Crippen LogP contribution is -2.16. The Labute approximate surface area is 144 Å². The fraction of sp³-hybridized carbons (Fsp3) is 0.263. The monoisotopic (exact) mass is 346 g/mol. The molecular formula is C19H16ClFO3. The van der Waals surface area contributed by atoms with Gasteiger partial charge in [-0.15, -0.1) is 0 Å². The second-order valence-corrected chi connectivity index (χ2v) is 6.19. The van der Waals surface area contributed by atoms with Gasteiger partial charge in [0.15, 0.2) is 12.4 Å². The molecule has 0 saturated heterocycles. The highest BCUT2D eigenvalue weighted by atomic mass is 35.5. The van der Waals surface area contributed by atoms with E-state index in [1.165, 1.54) is 29.7 Å². The van der Waals surface area contributed by atoms with Gasteiger partial charge in [-0.2, -0.15) is 0 Å². The van der Waals surface area contributed by atoms with Crippen molar-refractivity contribution in [1.29, 1.82) is 0 Å². The van der Waals surface area contributed by atoms with Gasteiger partial charge in [-0.1, -0.05) is 29.8 Å². The molecule has 0 spiro atoms. The van der Waals surface area contributed by atoms with Crippen LogP contribution in [0.4, 0.5) is 4.39 Å². The highest BCUT2D eigenvalue weighted by Crippen LogP contribution is 2.23. The molecule has 3 nitrogen and oxygen atoms in total. The van der Waals surface area contributed by atoms with Crippen LogP contribution in [0.2, 0.25) is 5.02 Å². The molecule has 0 N–H and O–H groups in total. The minimum absolute atomic E-state index is 0.0405. The van der Waals surface area contributed by atoms with Gasteiger partial charge in [-0.05, 0) is 55.0 Å². The van der Waals surface area contributed by atoms with E-state index < -0.39 is 18.4 Å². The normalized spacial score (nSPS) is 13.2. The third-order valence-corrected chi connectivity index (χ3v) is 4.49. The first kappa shape index (κ1) is 16.7. The second kappa shape index (κ2) is 7.14. The van der Waals surface area contributed by atoms with Crippen molar-refractivity contribution in [2.24, 2.45) is 0 Å². The highest BCUT2D eigenvalue weighted by molar-refractivity contribution is 6.33. The maximum atomic E-state index is 13.7. The van der Waals surface area contributed by atoms with Crippen molar-refractivity contribution in [1.82, 2.24) is 0 Å². The summed E-state index contributed by atoms with van der Waals surface area (Å²) in [5.74, 6) is -2.03. The quantitative estimate of drug-likeness (QED) is 0.609. The van der Waals surface area contributed by atoms with Crippen molar-refractivity contribution >= 4 is 23.4 Å². The molecule has 0 heterocycles. The number of hydrogen-bond acceptors (Lipinski definition) is 3. The molecule has 1 aliphatic rings. The minimum Gasteiger partial charge on any atom is -0.454 e. The van der Waals surface area contributed by atoms with E-state index in [1.807, 2.05) is 12.1 Å². The standard InChI is InChI=1S/C19H16ClFO3/c20-15-6-3-7-16(21)18(15)19(23)24-11-17(22)14-9-8-12-4-1-2-5-13(12)10-14/h3,6-10H,1-2,4-5,11H2. The van der Waals surface area contributed by atoms with E-state index in [0.29, 0.717) is 5.56 Å². The zero-order chi connectivity index (χ0) is 17.1. The molecular weight excluding hydrogens is 331 g/mol. The molecule has 0 bridgehead atoms. The number of aryl methyl sites for hydroxylation is 2. The van der Waals surface area contributed by atoms with Crippen LogP contribution in [-0.4, -0.2) is 18.4 Å². The molecule has 0 atom stereocenters. The van der Waals surface area contributed by atoms with E-state index in [1.54, 1.807) is 6.07 Å². The number of benzene rings is 2. The van der Waals surface area contributed by atoms with E-state index >= 15 is 0 Å². The van der Waals surface area contributed by atoms with Crippen LogP contribution in [0.1, 0.15) is 44.7 Å². The largest absolute Gasteiger partial charge is 0.454 e. The number of Topliss-reactive ketones (excluding diaryl/α,β-unsaturated/α-hetero) is 1. The highest BCUT2D eigenvalue weighted by Gasteiger charge is 2.19. The summed E-state index contributed by atoms with van der Waals surface area (Å²) < 4.78 is 18.6. The Morgan fingerprint density at radius 2 is 1.83 bits per heavy atom. The lowest BCUT2D eigenvalue weighted by Gasteiger charge is -2.16. The first-order chi connectivity index (χ1) is 11.6. The maximum absolute atomic E-state index is 13.7. The summed E-state index contributed by atoms with van der Waals surface area (Å²) >= 11 is 5.81. The Balaban J connectivity index is 1.68. The molecule has 1 aliphatic carbocycles. The predicted molar refractivity (Wildman–Crippen MR) is 89.1 cm³/mol. The van der Waals surface area contributed by atoms with Crippen molar-refractivity contribution in [3.05, 3.63) is 69.5 Å². The molecule has 3 rings (SSSR count). The zero-order valence-corrected chi connectivity index (χ0v) is 13.7. The molecule has 0 fully saturated rings. The number of carbonyl (C=O) groups excluding carboxylic acids is 2. The average Bonchev–Trinajstić information content (AvgIpc) is 2.59. The summed E-state index contributed by atoms with van der Waals surface area (Å²) in [5.41, 5.74) is 2.60. The van der Waals surface area contributed by atoms with Crippen molar-refractivity contribution < 1.29 is 18.7 Å². The fourth-order valence-corrected chi connectivity index (χ4v) is 3.13. The van der Waals surface area contributed by atoms with E-state index in [9.17, 15) is 14.0 Å². The van der Waals surface area contributed by atoms with Crippen molar-refractivity contribution in [3.8, 4) is 0 Å². The molecule has 0 aromatic heterocycles. The predicted octanol–water partition coefficient (Wildman–Crippen LogP) is 4.40. The lowest BCUT2D eigenvalue weighted by atomic mass is 9.90. The van der Waals surface area contributed by atoms with E-state index in [0.717, 1.165) is 25.3 Å². The molecule has 0 amide bonds. The molecule has 0 radical (unpaired) electrons. The van der Waals surface area contributed by atoms with Gasteiger partial charge < -0.3 is 4.74 Å². The molecule has 2 aromatic carbocycles. The molecule has 0 aliphatic heterocycles. The van der Waals surface area contributed by atoms with Crippen molar-refractivity contribution in [2.75, 3.05) is 6.61 Å². The first-order valence-corrected chi connectivity index (χ1v) is 8.20. The number of halogens is 2. The Kier molecular flexibility index (Phi) is 4.95. The SMILES string of the molecule is O=C(COC(=O)c1c(F)cccc1Cl)c1ccc2c(c1)CCCC2. The summed E-state index contributed by atoms with van der Waals surface area (Å²) in [6.45, 7) is -0.442. The molecule has 24 heavy (non-hydrogen) atoms.